The standard InChI is InChI=1S/C29H31NO7/c31-15-13-30(14-16-32)12-7-17-35-28-26(36-20-21-8-3-1-4-9-21)19-24(34)27-23(33)18-25(37-29(27)28)22-10-5-2-6-11-22/h1-6,8-11,18-19,31-32,34H,7,12-17,20H2. The molecule has 3 N–H and O–H groups in total. The van der Waals surface area contributed by atoms with Gasteiger partial charge in [-0.2, -0.15) is 0 Å². The van der Waals surface area contributed by atoms with Gasteiger partial charge in [0.25, 0.3) is 0 Å². The summed E-state index contributed by atoms with van der Waals surface area (Å²) in [4.78, 5) is 15.0. The third-order valence-electron chi connectivity index (χ3n) is 5.89. The molecule has 0 atom stereocenters. The fraction of sp³-hybridized carbons (Fsp3) is 0.276. The number of hydrogen-bond donors (Lipinski definition) is 3. The number of rotatable bonds is 13. The number of aliphatic hydroxyl groups excluding tert-OH is 2. The second-order valence-electron chi connectivity index (χ2n) is 8.53. The highest BCUT2D eigenvalue weighted by Gasteiger charge is 2.21. The monoisotopic (exact) mass is 505 g/mol. The fourth-order valence-electron chi connectivity index (χ4n) is 4.07. The number of nitrogens with zero attached hydrogens (tertiary/aromatic N) is 1. The Morgan fingerprint density at radius 3 is 2.19 bits per heavy atom. The SMILES string of the molecule is O=c1cc(-c2ccccc2)oc2c(OCCCN(CCO)CCO)c(OCc3ccccc3)cc(O)c12. The summed E-state index contributed by atoms with van der Waals surface area (Å²) in [6.07, 6.45) is 0.586. The maximum atomic E-state index is 13.0. The number of phenolic OH excluding ortho intramolecular Hbond substituents is 1. The Balaban J connectivity index is 1.69. The summed E-state index contributed by atoms with van der Waals surface area (Å²) >= 11 is 0. The first kappa shape index (κ1) is 26.2. The van der Waals surface area contributed by atoms with Crippen LogP contribution in [0.5, 0.6) is 17.2 Å². The van der Waals surface area contributed by atoms with E-state index in [1.165, 1.54) is 12.1 Å². The van der Waals surface area contributed by atoms with E-state index in [1.54, 1.807) is 0 Å². The largest absolute Gasteiger partial charge is 0.507 e. The average Bonchev–Trinajstić information content (AvgIpc) is 2.92. The van der Waals surface area contributed by atoms with Gasteiger partial charge in [0.15, 0.2) is 16.8 Å². The Morgan fingerprint density at radius 2 is 1.51 bits per heavy atom. The molecule has 37 heavy (non-hydrogen) atoms. The predicted molar refractivity (Wildman–Crippen MR) is 141 cm³/mol. The fourth-order valence-corrected chi connectivity index (χ4v) is 4.07. The van der Waals surface area contributed by atoms with Gasteiger partial charge in [0.2, 0.25) is 5.75 Å². The highest BCUT2D eigenvalue weighted by Crippen LogP contribution is 2.41. The minimum atomic E-state index is -0.394. The molecule has 0 aliphatic rings. The van der Waals surface area contributed by atoms with Crippen LogP contribution >= 0.6 is 0 Å². The second kappa shape index (κ2) is 12.9. The van der Waals surface area contributed by atoms with E-state index in [2.05, 4.69) is 0 Å². The first-order valence-corrected chi connectivity index (χ1v) is 12.2. The normalized spacial score (nSPS) is 11.2. The van der Waals surface area contributed by atoms with Crippen molar-refractivity contribution >= 4 is 11.0 Å². The van der Waals surface area contributed by atoms with Crippen LogP contribution in [0.25, 0.3) is 22.3 Å². The molecule has 0 saturated carbocycles. The molecule has 3 aromatic carbocycles. The van der Waals surface area contributed by atoms with Crippen LogP contribution in [0.3, 0.4) is 0 Å². The molecule has 8 nitrogen and oxygen atoms in total. The lowest BCUT2D eigenvalue weighted by molar-refractivity contribution is 0.152. The molecule has 0 amide bonds. The summed E-state index contributed by atoms with van der Waals surface area (Å²) in [5.41, 5.74) is 1.36. The summed E-state index contributed by atoms with van der Waals surface area (Å²) in [7, 11) is 0. The lowest BCUT2D eigenvalue weighted by Gasteiger charge is -2.20. The van der Waals surface area contributed by atoms with Gasteiger partial charge in [-0.15, -0.1) is 0 Å². The van der Waals surface area contributed by atoms with Crippen molar-refractivity contribution in [2.24, 2.45) is 0 Å². The lowest BCUT2D eigenvalue weighted by atomic mass is 10.1. The molecule has 0 radical (unpaired) electrons. The van der Waals surface area contributed by atoms with Crippen molar-refractivity contribution in [3.63, 3.8) is 0 Å². The minimum Gasteiger partial charge on any atom is -0.507 e. The van der Waals surface area contributed by atoms with Crippen LogP contribution in [0.4, 0.5) is 0 Å². The van der Waals surface area contributed by atoms with Gasteiger partial charge in [0.05, 0.1) is 19.8 Å². The Labute approximate surface area is 214 Å². The smallest absolute Gasteiger partial charge is 0.205 e. The average molecular weight is 506 g/mol. The van der Waals surface area contributed by atoms with Crippen molar-refractivity contribution in [1.82, 2.24) is 4.90 Å². The number of phenols is 1. The summed E-state index contributed by atoms with van der Waals surface area (Å²) in [5.74, 6) is 0.578. The number of aromatic hydroxyl groups is 1. The van der Waals surface area contributed by atoms with Gasteiger partial charge in [-0.05, 0) is 12.0 Å². The minimum absolute atomic E-state index is 0.00560. The van der Waals surface area contributed by atoms with Crippen molar-refractivity contribution in [3.05, 3.63) is 88.6 Å². The van der Waals surface area contributed by atoms with Crippen LogP contribution in [-0.2, 0) is 6.61 Å². The summed E-state index contributed by atoms with van der Waals surface area (Å²) in [5, 5.41) is 29.2. The zero-order valence-electron chi connectivity index (χ0n) is 20.5. The molecule has 0 bridgehead atoms. The van der Waals surface area contributed by atoms with Gasteiger partial charge in [0.1, 0.15) is 23.5 Å². The second-order valence-corrected chi connectivity index (χ2v) is 8.53. The Bertz CT molecular complexity index is 1330. The molecule has 0 aliphatic heterocycles. The van der Waals surface area contributed by atoms with Gasteiger partial charge < -0.3 is 29.2 Å². The molecule has 0 aliphatic carbocycles. The highest BCUT2D eigenvalue weighted by molar-refractivity contribution is 5.91. The number of ether oxygens (including phenoxy) is 2. The summed E-state index contributed by atoms with van der Waals surface area (Å²) < 4.78 is 18.3. The zero-order chi connectivity index (χ0) is 26.0. The van der Waals surface area contributed by atoms with Crippen LogP contribution in [0.15, 0.2) is 82.0 Å². The van der Waals surface area contributed by atoms with Gasteiger partial charge >= 0.3 is 0 Å². The molecule has 4 rings (SSSR count). The van der Waals surface area contributed by atoms with Crippen LogP contribution < -0.4 is 14.9 Å². The van der Waals surface area contributed by atoms with Crippen molar-refractivity contribution < 1.29 is 29.2 Å². The summed E-state index contributed by atoms with van der Waals surface area (Å²) in [6.45, 7) is 1.96. The van der Waals surface area contributed by atoms with E-state index >= 15 is 0 Å². The number of benzene rings is 3. The molecule has 0 spiro atoms. The third kappa shape index (κ3) is 6.68. The maximum Gasteiger partial charge on any atom is 0.205 e. The van der Waals surface area contributed by atoms with Crippen LogP contribution in [0.1, 0.15) is 12.0 Å². The van der Waals surface area contributed by atoms with E-state index in [0.29, 0.717) is 37.4 Å². The van der Waals surface area contributed by atoms with Gasteiger partial charge in [-0.3, -0.25) is 9.69 Å². The van der Waals surface area contributed by atoms with E-state index < -0.39 is 5.43 Å². The third-order valence-corrected chi connectivity index (χ3v) is 5.89. The van der Waals surface area contributed by atoms with Gasteiger partial charge in [-0.25, -0.2) is 0 Å². The topological polar surface area (TPSA) is 113 Å². The summed E-state index contributed by atoms with van der Waals surface area (Å²) in [6, 6.07) is 21.5. The number of aliphatic hydroxyl groups is 2. The highest BCUT2D eigenvalue weighted by atomic mass is 16.5. The molecule has 4 aromatic rings. The van der Waals surface area contributed by atoms with E-state index in [4.69, 9.17) is 13.9 Å². The van der Waals surface area contributed by atoms with Crippen LogP contribution in [0.2, 0.25) is 0 Å². The molecule has 1 aromatic heterocycles. The Hall–Kier alpha value is -3.85. The Morgan fingerprint density at radius 1 is 0.838 bits per heavy atom. The molecular formula is C29H31NO7. The van der Waals surface area contributed by atoms with Crippen LogP contribution in [-0.4, -0.2) is 59.7 Å². The molecule has 1 heterocycles. The van der Waals surface area contributed by atoms with Crippen LogP contribution in [0, 0.1) is 0 Å². The van der Waals surface area contributed by atoms with Crippen molar-refractivity contribution in [1.29, 1.82) is 0 Å². The molecule has 0 unspecified atom stereocenters. The molecule has 194 valence electrons. The van der Waals surface area contributed by atoms with Gasteiger partial charge in [0, 0.05) is 37.3 Å². The lowest BCUT2D eigenvalue weighted by Crippen LogP contribution is -2.31. The molecule has 0 fully saturated rings. The molecule has 0 saturated heterocycles. The van der Waals surface area contributed by atoms with E-state index in [-0.39, 0.29) is 54.6 Å². The molecular weight excluding hydrogens is 474 g/mol. The number of hydrogen-bond acceptors (Lipinski definition) is 8. The number of fused-ring (bicyclic) bond motifs is 1. The Kier molecular flexibility index (Phi) is 9.15. The first-order valence-electron chi connectivity index (χ1n) is 12.2. The molecule has 8 heteroatoms. The quantitative estimate of drug-likeness (QED) is 0.235. The van der Waals surface area contributed by atoms with E-state index in [1.807, 2.05) is 65.6 Å². The maximum absolute atomic E-state index is 13.0. The van der Waals surface area contributed by atoms with Crippen molar-refractivity contribution in [2.75, 3.05) is 39.5 Å². The van der Waals surface area contributed by atoms with E-state index in [9.17, 15) is 20.1 Å². The predicted octanol–water partition coefficient (Wildman–Crippen LogP) is 3.80. The van der Waals surface area contributed by atoms with Crippen molar-refractivity contribution in [3.8, 4) is 28.6 Å². The first-order chi connectivity index (χ1) is 18.1. The zero-order valence-corrected chi connectivity index (χ0v) is 20.5. The van der Waals surface area contributed by atoms with E-state index in [0.717, 1.165) is 5.56 Å². The van der Waals surface area contributed by atoms with Crippen molar-refractivity contribution in [2.45, 2.75) is 13.0 Å². The van der Waals surface area contributed by atoms with Gasteiger partial charge in [-0.1, -0.05) is 60.7 Å².